The lowest BCUT2D eigenvalue weighted by Gasteiger charge is -2.41. The number of benzene rings is 1. The number of nitrogens with zero attached hydrogens (tertiary/aromatic N) is 5. The first-order chi connectivity index (χ1) is 20.9. The molecule has 0 aliphatic carbocycles. The Balaban J connectivity index is 1.92. The van der Waals surface area contributed by atoms with Crippen molar-refractivity contribution in [2.75, 3.05) is 25.7 Å². The molecule has 0 aliphatic heterocycles. The minimum atomic E-state index is -4.35. The van der Waals surface area contributed by atoms with E-state index < -0.39 is 27.4 Å². The number of amides is 2. The van der Waals surface area contributed by atoms with Crippen LogP contribution in [-0.4, -0.2) is 66.3 Å². The van der Waals surface area contributed by atoms with E-state index in [0.717, 1.165) is 16.9 Å². The molecule has 4 rings (SSSR count). The number of carbonyl (C=O) groups is 2. The first-order valence-electron chi connectivity index (χ1n) is 13.8. The molecule has 1 atom stereocenters. The van der Waals surface area contributed by atoms with Gasteiger partial charge in [-0.05, 0) is 54.2 Å². The molecule has 234 valence electrons. The second kappa shape index (κ2) is 13.7. The topological polar surface area (TPSA) is 146 Å². The minimum Gasteiger partial charge on any atom is -0.496 e. The summed E-state index contributed by atoms with van der Waals surface area (Å²) < 4.78 is 41.6. The maximum Gasteiger partial charge on any atom is 0.264 e. The Morgan fingerprint density at radius 3 is 2.41 bits per heavy atom. The highest BCUT2D eigenvalue weighted by Gasteiger charge is 2.50. The SMILES string of the molecule is COCCCC(Cn1cccn1)(C(=O)NS(=O)(=O)c1ccncc1)N(C(=O)c1ccc(C(C)(C)C)c(OC)c1)c1nccs1. The number of hydrogen-bond acceptors (Lipinski definition) is 10. The van der Waals surface area contributed by atoms with Gasteiger partial charge in [0.15, 0.2) is 5.13 Å². The highest BCUT2D eigenvalue weighted by Crippen LogP contribution is 2.37. The molecule has 1 N–H and O–H groups in total. The summed E-state index contributed by atoms with van der Waals surface area (Å²) in [6.07, 6.45) is 7.65. The molecular formula is C30H36N6O6S2. The van der Waals surface area contributed by atoms with Gasteiger partial charge in [-0.1, -0.05) is 26.8 Å². The molecule has 0 radical (unpaired) electrons. The molecule has 14 heteroatoms. The van der Waals surface area contributed by atoms with Crippen molar-refractivity contribution in [1.82, 2.24) is 24.5 Å². The Morgan fingerprint density at radius 2 is 1.82 bits per heavy atom. The molecule has 0 fully saturated rings. The number of nitrogens with one attached hydrogen (secondary N) is 1. The molecule has 0 bridgehead atoms. The highest BCUT2D eigenvalue weighted by atomic mass is 32.2. The van der Waals surface area contributed by atoms with Crippen molar-refractivity contribution in [3.63, 3.8) is 0 Å². The van der Waals surface area contributed by atoms with E-state index in [1.807, 2.05) is 26.8 Å². The summed E-state index contributed by atoms with van der Waals surface area (Å²) in [5, 5.41) is 6.18. The molecule has 3 heterocycles. The van der Waals surface area contributed by atoms with Gasteiger partial charge >= 0.3 is 0 Å². The lowest BCUT2D eigenvalue weighted by Crippen LogP contribution is -2.64. The van der Waals surface area contributed by atoms with Crippen molar-refractivity contribution in [3.05, 3.63) is 83.9 Å². The van der Waals surface area contributed by atoms with Crippen molar-refractivity contribution in [2.24, 2.45) is 0 Å². The molecule has 0 aliphatic rings. The molecule has 2 amide bonds. The fraction of sp³-hybridized carbons (Fsp3) is 0.367. The van der Waals surface area contributed by atoms with Gasteiger partial charge in [-0.15, -0.1) is 11.3 Å². The maximum absolute atomic E-state index is 14.7. The van der Waals surface area contributed by atoms with E-state index in [-0.39, 0.29) is 40.6 Å². The van der Waals surface area contributed by atoms with Crippen LogP contribution in [0.2, 0.25) is 0 Å². The number of sulfonamides is 1. The van der Waals surface area contributed by atoms with Crippen LogP contribution in [0.4, 0.5) is 5.13 Å². The Morgan fingerprint density at radius 1 is 1.07 bits per heavy atom. The van der Waals surface area contributed by atoms with Gasteiger partial charge in [0, 0.05) is 55.6 Å². The minimum absolute atomic E-state index is 0.0148. The summed E-state index contributed by atoms with van der Waals surface area (Å²) in [7, 11) is -1.30. The summed E-state index contributed by atoms with van der Waals surface area (Å²) in [6.45, 7) is 6.18. The number of thiazole rings is 1. The zero-order valence-corrected chi connectivity index (χ0v) is 26.9. The van der Waals surface area contributed by atoms with Gasteiger partial charge in [0.2, 0.25) is 0 Å². The summed E-state index contributed by atoms with van der Waals surface area (Å²) in [6, 6.07) is 9.36. The van der Waals surface area contributed by atoms with Gasteiger partial charge < -0.3 is 9.47 Å². The van der Waals surface area contributed by atoms with Crippen molar-refractivity contribution in [1.29, 1.82) is 0 Å². The molecule has 1 aromatic carbocycles. The van der Waals surface area contributed by atoms with E-state index >= 15 is 0 Å². The van der Waals surface area contributed by atoms with Crippen LogP contribution in [0.25, 0.3) is 0 Å². The average molecular weight is 641 g/mol. The number of rotatable bonds is 13. The first-order valence-corrected chi connectivity index (χ1v) is 16.2. The zero-order chi connectivity index (χ0) is 32.0. The summed E-state index contributed by atoms with van der Waals surface area (Å²) >= 11 is 1.15. The monoisotopic (exact) mass is 640 g/mol. The largest absolute Gasteiger partial charge is 0.496 e. The van der Waals surface area contributed by atoms with Crippen LogP contribution in [0.1, 0.15) is 49.5 Å². The summed E-state index contributed by atoms with van der Waals surface area (Å²) in [4.78, 5) is 38.6. The number of ether oxygens (including phenoxy) is 2. The maximum atomic E-state index is 14.7. The molecule has 3 aromatic heterocycles. The van der Waals surface area contributed by atoms with Gasteiger partial charge in [0.25, 0.3) is 21.8 Å². The van der Waals surface area contributed by atoms with Crippen molar-refractivity contribution in [2.45, 2.75) is 56.0 Å². The highest BCUT2D eigenvalue weighted by molar-refractivity contribution is 7.90. The Labute approximate surface area is 261 Å². The van der Waals surface area contributed by atoms with Gasteiger partial charge in [-0.25, -0.2) is 18.1 Å². The van der Waals surface area contributed by atoms with Gasteiger partial charge in [0.05, 0.1) is 18.6 Å². The van der Waals surface area contributed by atoms with Gasteiger partial charge in [0.1, 0.15) is 11.3 Å². The zero-order valence-electron chi connectivity index (χ0n) is 25.3. The van der Waals surface area contributed by atoms with Crippen LogP contribution < -0.4 is 14.4 Å². The van der Waals surface area contributed by atoms with Crippen LogP contribution in [0.5, 0.6) is 5.75 Å². The third kappa shape index (κ3) is 7.14. The molecule has 0 saturated carbocycles. The lowest BCUT2D eigenvalue weighted by atomic mass is 9.85. The second-order valence-electron chi connectivity index (χ2n) is 11.1. The fourth-order valence-electron chi connectivity index (χ4n) is 4.88. The number of carbonyl (C=O) groups excluding carboxylic acids is 2. The Bertz CT molecular complexity index is 1660. The van der Waals surface area contributed by atoms with Crippen LogP contribution in [0.15, 0.2) is 77.7 Å². The molecule has 44 heavy (non-hydrogen) atoms. The number of aromatic nitrogens is 4. The third-order valence-electron chi connectivity index (χ3n) is 7.03. The quantitative estimate of drug-likeness (QED) is 0.214. The Hall–Kier alpha value is -4.14. The fourth-order valence-corrected chi connectivity index (χ4v) is 6.64. The van der Waals surface area contributed by atoms with E-state index in [1.165, 1.54) is 60.7 Å². The predicted molar refractivity (Wildman–Crippen MR) is 166 cm³/mol. The standard InChI is InChI=1S/C30H36N6O6S2/c1-29(2,3)24-9-8-22(20-25(24)42-5)26(37)36(28-32-16-19-43-28)30(12-6-18-41-4,21-35-17-7-13-33-35)27(38)34-44(39,40)23-10-14-31-15-11-23/h7-11,13-17,19-20H,6,12,18,21H2,1-5H3,(H,34,38). The summed E-state index contributed by atoms with van der Waals surface area (Å²) in [5.41, 5.74) is -0.976. The van der Waals surface area contributed by atoms with Crippen LogP contribution in [-0.2, 0) is 31.5 Å². The Kier molecular flexibility index (Phi) is 10.2. The van der Waals surface area contributed by atoms with Crippen LogP contribution in [0, 0.1) is 0 Å². The van der Waals surface area contributed by atoms with E-state index in [0.29, 0.717) is 12.2 Å². The molecule has 0 saturated heterocycles. The smallest absolute Gasteiger partial charge is 0.264 e. The van der Waals surface area contributed by atoms with Crippen molar-refractivity contribution < 1.29 is 27.5 Å². The molecule has 1 unspecified atom stereocenters. The van der Waals surface area contributed by atoms with E-state index in [9.17, 15) is 18.0 Å². The van der Waals surface area contributed by atoms with Gasteiger partial charge in [-0.3, -0.25) is 24.2 Å². The van der Waals surface area contributed by atoms with Crippen molar-refractivity contribution >= 4 is 38.3 Å². The number of hydrogen-bond donors (Lipinski definition) is 1. The van der Waals surface area contributed by atoms with E-state index in [1.54, 1.807) is 29.8 Å². The molecule has 12 nitrogen and oxygen atoms in total. The molecular weight excluding hydrogens is 605 g/mol. The number of methoxy groups -OCH3 is 2. The predicted octanol–water partition coefficient (Wildman–Crippen LogP) is 4.06. The van der Waals surface area contributed by atoms with E-state index in [2.05, 4.69) is 19.8 Å². The first kappa shape index (κ1) is 32.8. The van der Waals surface area contributed by atoms with Crippen LogP contribution in [0.3, 0.4) is 0 Å². The second-order valence-corrected chi connectivity index (χ2v) is 13.6. The lowest BCUT2D eigenvalue weighted by molar-refractivity contribution is -0.125. The molecule has 4 aromatic rings. The average Bonchev–Trinajstić information content (AvgIpc) is 3.71. The number of pyridine rings is 1. The van der Waals surface area contributed by atoms with E-state index in [4.69, 9.17) is 9.47 Å². The summed E-state index contributed by atoms with van der Waals surface area (Å²) in [5.74, 6) is -0.994. The number of anilines is 1. The van der Waals surface area contributed by atoms with Crippen molar-refractivity contribution in [3.8, 4) is 5.75 Å². The normalized spacial score (nSPS) is 13.2. The van der Waals surface area contributed by atoms with Gasteiger partial charge in [-0.2, -0.15) is 5.10 Å². The molecule has 0 spiro atoms. The third-order valence-corrected chi connectivity index (χ3v) is 9.13. The van der Waals surface area contributed by atoms with Crippen LogP contribution >= 0.6 is 11.3 Å².